The van der Waals surface area contributed by atoms with Gasteiger partial charge in [0, 0.05) is 4.83 Å². The first-order valence-electron chi connectivity index (χ1n) is 7.57. The second-order valence-corrected chi connectivity index (χ2v) is 7.09. The van der Waals surface area contributed by atoms with Crippen molar-refractivity contribution in [3.05, 3.63) is 71.5 Å². The number of benzene rings is 1. The summed E-state index contributed by atoms with van der Waals surface area (Å²) in [6.07, 6.45) is 8.98. The fourth-order valence-corrected chi connectivity index (χ4v) is 3.81. The molecule has 0 bridgehead atoms. The van der Waals surface area contributed by atoms with E-state index in [0.29, 0.717) is 29.2 Å². The highest BCUT2D eigenvalue weighted by molar-refractivity contribution is 9.09. The predicted octanol–water partition coefficient (Wildman–Crippen LogP) is 5.25. The molecule has 0 saturated heterocycles. The van der Waals surface area contributed by atoms with Gasteiger partial charge in [-0.15, -0.1) is 0 Å². The molecule has 0 radical (unpaired) electrons. The lowest BCUT2D eigenvalue weighted by atomic mass is 9.71. The molecule has 4 atom stereocenters. The lowest BCUT2D eigenvalue weighted by Gasteiger charge is -2.37. The van der Waals surface area contributed by atoms with Crippen molar-refractivity contribution in [1.82, 2.24) is 0 Å². The maximum absolute atomic E-state index is 5.99. The average Bonchev–Trinajstić information content (AvgIpc) is 2.50. The van der Waals surface area contributed by atoms with Gasteiger partial charge in [0.25, 0.3) is 0 Å². The third-order valence-corrected chi connectivity index (χ3v) is 5.62. The van der Waals surface area contributed by atoms with E-state index in [-0.39, 0.29) is 0 Å². The van der Waals surface area contributed by atoms with E-state index >= 15 is 0 Å². The zero-order valence-electron chi connectivity index (χ0n) is 12.5. The van der Waals surface area contributed by atoms with Crippen LogP contribution >= 0.6 is 15.9 Å². The highest BCUT2D eigenvalue weighted by Gasteiger charge is 2.34. The van der Waals surface area contributed by atoms with Gasteiger partial charge >= 0.3 is 0 Å². The topological polar surface area (TPSA) is 9.23 Å². The van der Waals surface area contributed by atoms with Crippen LogP contribution in [0, 0.1) is 17.8 Å². The Balaban J connectivity index is 1.74. The van der Waals surface area contributed by atoms with Gasteiger partial charge in [-0.25, -0.2) is 0 Å². The van der Waals surface area contributed by atoms with Crippen LogP contribution in [0.3, 0.4) is 0 Å². The zero-order valence-corrected chi connectivity index (χ0v) is 14.1. The van der Waals surface area contributed by atoms with Gasteiger partial charge in [-0.1, -0.05) is 72.3 Å². The largest absolute Gasteiger partial charge is 0.489 e. The number of rotatable bonds is 3. The maximum atomic E-state index is 5.99. The first kappa shape index (κ1) is 14.6. The molecule has 1 aromatic carbocycles. The fraction of sp³-hybridized carbons (Fsp3) is 0.368. The highest BCUT2D eigenvalue weighted by atomic mass is 79.9. The summed E-state index contributed by atoms with van der Waals surface area (Å²) >= 11 is 3.75. The van der Waals surface area contributed by atoms with E-state index in [1.807, 2.05) is 18.2 Å². The summed E-state index contributed by atoms with van der Waals surface area (Å²) in [5.74, 6) is 2.71. The molecule has 1 nitrogen and oxygen atoms in total. The van der Waals surface area contributed by atoms with E-state index in [1.165, 1.54) is 11.1 Å². The molecule has 0 amide bonds. The molecule has 21 heavy (non-hydrogen) atoms. The quantitative estimate of drug-likeness (QED) is 0.680. The van der Waals surface area contributed by atoms with E-state index in [1.54, 1.807) is 0 Å². The maximum Gasteiger partial charge on any atom is 0.116 e. The number of hydrogen-bond acceptors (Lipinski definition) is 1. The van der Waals surface area contributed by atoms with Crippen molar-refractivity contribution in [3.8, 4) is 0 Å². The van der Waals surface area contributed by atoms with Crippen molar-refractivity contribution in [2.45, 2.75) is 25.3 Å². The Kier molecular flexibility index (Phi) is 4.34. The van der Waals surface area contributed by atoms with Gasteiger partial charge in [-0.05, 0) is 41.0 Å². The minimum atomic E-state index is 0.474. The van der Waals surface area contributed by atoms with Crippen LogP contribution in [-0.2, 0) is 11.3 Å². The predicted molar refractivity (Wildman–Crippen MR) is 91.1 cm³/mol. The summed E-state index contributed by atoms with van der Waals surface area (Å²) in [6.45, 7) is 5.24. The summed E-state index contributed by atoms with van der Waals surface area (Å²) in [4.78, 5) is 0.474. The van der Waals surface area contributed by atoms with Crippen LogP contribution in [0.2, 0.25) is 0 Å². The number of ether oxygens (including phenoxy) is 1. The molecule has 0 fully saturated rings. The van der Waals surface area contributed by atoms with Crippen LogP contribution in [0.5, 0.6) is 0 Å². The van der Waals surface area contributed by atoms with Gasteiger partial charge in [0.1, 0.15) is 12.4 Å². The van der Waals surface area contributed by atoms with Gasteiger partial charge < -0.3 is 4.74 Å². The standard InChI is InChI=1S/C19H21BrO/c1-13-10-17(21-12-15-6-4-3-5-7-15)11-16-8-9-18(20)14(2)19(13)16/h3-11,13-14,18-19H,12H2,1-2H3. The summed E-state index contributed by atoms with van der Waals surface area (Å²) < 4.78 is 5.99. The summed E-state index contributed by atoms with van der Waals surface area (Å²) in [5.41, 5.74) is 2.61. The molecule has 4 unspecified atom stereocenters. The molecule has 0 N–H and O–H groups in total. The third kappa shape index (κ3) is 3.16. The number of fused-ring (bicyclic) bond motifs is 1. The summed E-state index contributed by atoms with van der Waals surface area (Å²) in [6, 6.07) is 10.3. The lowest BCUT2D eigenvalue weighted by Crippen LogP contribution is -2.31. The first-order chi connectivity index (χ1) is 10.1. The van der Waals surface area contributed by atoms with Crippen LogP contribution in [-0.4, -0.2) is 4.83 Å². The molecule has 2 aliphatic rings. The molecule has 110 valence electrons. The van der Waals surface area contributed by atoms with Crippen molar-refractivity contribution in [2.24, 2.45) is 17.8 Å². The van der Waals surface area contributed by atoms with E-state index in [0.717, 1.165) is 5.76 Å². The van der Waals surface area contributed by atoms with Crippen molar-refractivity contribution in [3.63, 3.8) is 0 Å². The van der Waals surface area contributed by atoms with Crippen LogP contribution in [0.15, 0.2) is 66.0 Å². The molecule has 0 aliphatic heterocycles. The van der Waals surface area contributed by atoms with E-state index in [4.69, 9.17) is 4.74 Å². The summed E-state index contributed by atoms with van der Waals surface area (Å²) in [7, 11) is 0. The van der Waals surface area contributed by atoms with Crippen LogP contribution in [0.25, 0.3) is 0 Å². The van der Waals surface area contributed by atoms with E-state index < -0.39 is 0 Å². The number of allylic oxidation sites excluding steroid dienone is 5. The Bertz CT molecular complexity index is 585. The third-order valence-electron chi connectivity index (χ3n) is 4.48. The molecule has 0 spiro atoms. The molecule has 0 heterocycles. The first-order valence-corrected chi connectivity index (χ1v) is 8.49. The Morgan fingerprint density at radius 3 is 2.67 bits per heavy atom. The Labute approximate surface area is 135 Å². The molecule has 3 rings (SSSR count). The fourth-order valence-electron chi connectivity index (χ4n) is 3.32. The van der Waals surface area contributed by atoms with Gasteiger partial charge in [0.2, 0.25) is 0 Å². The Morgan fingerprint density at radius 2 is 1.90 bits per heavy atom. The molecule has 1 aromatic rings. The molecular weight excluding hydrogens is 324 g/mol. The number of alkyl halides is 1. The van der Waals surface area contributed by atoms with Crippen molar-refractivity contribution >= 4 is 15.9 Å². The van der Waals surface area contributed by atoms with Gasteiger partial charge in [0.05, 0.1) is 0 Å². The Morgan fingerprint density at radius 1 is 1.14 bits per heavy atom. The SMILES string of the molecule is CC1C=C(OCc2ccccc2)C=C2C=CC(Br)C(C)C21. The zero-order chi connectivity index (χ0) is 14.8. The van der Waals surface area contributed by atoms with Crippen LogP contribution in [0.1, 0.15) is 19.4 Å². The van der Waals surface area contributed by atoms with Crippen molar-refractivity contribution in [2.75, 3.05) is 0 Å². The molecule has 0 saturated carbocycles. The van der Waals surface area contributed by atoms with Gasteiger partial charge in [0.15, 0.2) is 0 Å². The van der Waals surface area contributed by atoms with Gasteiger partial charge in [-0.2, -0.15) is 0 Å². The van der Waals surface area contributed by atoms with Gasteiger partial charge in [-0.3, -0.25) is 0 Å². The molecular formula is C19H21BrO. The van der Waals surface area contributed by atoms with Crippen molar-refractivity contribution in [1.29, 1.82) is 0 Å². The number of hydrogen-bond donors (Lipinski definition) is 0. The minimum absolute atomic E-state index is 0.474. The van der Waals surface area contributed by atoms with E-state index in [2.05, 4.69) is 66.2 Å². The highest BCUT2D eigenvalue weighted by Crippen LogP contribution is 2.42. The van der Waals surface area contributed by atoms with E-state index in [9.17, 15) is 0 Å². The molecule has 0 aromatic heterocycles. The average molecular weight is 345 g/mol. The molecule has 2 aliphatic carbocycles. The summed E-state index contributed by atoms with van der Waals surface area (Å²) in [5, 5.41) is 0. The second kappa shape index (κ2) is 6.23. The minimum Gasteiger partial charge on any atom is -0.489 e. The normalized spacial score (nSPS) is 31.2. The van der Waals surface area contributed by atoms with Crippen molar-refractivity contribution < 1.29 is 4.74 Å². The Hall–Kier alpha value is -1.28. The second-order valence-electron chi connectivity index (χ2n) is 6.04. The lowest BCUT2D eigenvalue weighted by molar-refractivity contribution is 0.200. The molecule has 2 heteroatoms. The van der Waals surface area contributed by atoms with Crippen LogP contribution < -0.4 is 0 Å². The van der Waals surface area contributed by atoms with Crippen LogP contribution in [0.4, 0.5) is 0 Å². The monoisotopic (exact) mass is 344 g/mol. The number of halogens is 1. The smallest absolute Gasteiger partial charge is 0.116 e.